The number of hydrazine groups is 1. The van der Waals surface area contributed by atoms with Crippen molar-refractivity contribution in [3.8, 4) is 11.3 Å². The molecule has 0 unspecified atom stereocenters. The molecule has 8 heteroatoms. The van der Waals surface area contributed by atoms with Gasteiger partial charge in [0.2, 0.25) is 5.01 Å². The quantitative estimate of drug-likeness (QED) is 0.545. The smallest absolute Gasteiger partial charge is 0.367 e. The zero-order valence-corrected chi connectivity index (χ0v) is 18.0. The Hall–Kier alpha value is -3.07. The minimum absolute atomic E-state index is 0.106. The van der Waals surface area contributed by atoms with Crippen molar-refractivity contribution in [2.24, 2.45) is 0 Å². The number of esters is 1. The summed E-state index contributed by atoms with van der Waals surface area (Å²) in [6.07, 6.45) is 0. The molecule has 4 rings (SSSR count). The molecule has 2 heterocycles. The second kappa shape index (κ2) is 9.82. The van der Waals surface area contributed by atoms with Crippen LogP contribution in [0.2, 0.25) is 0 Å². The first-order chi connectivity index (χ1) is 15.2. The summed E-state index contributed by atoms with van der Waals surface area (Å²) in [5.41, 5.74) is 2.90. The van der Waals surface area contributed by atoms with Crippen LogP contribution in [0.15, 0.2) is 60.0 Å². The van der Waals surface area contributed by atoms with Crippen LogP contribution in [-0.2, 0) is 9.47 Å². The topological polar surface area (TPSA) is 72.0 Å². The molecule has 1 amide bonds. The van der Waals surface area contributed by atoms with E-state index in [1.54, 1.807) is 24.1 Å². The summed E-state index contributed by atoms with van der Waals surface area (Å²) in [5.74, 6) is -0.528. The summed E-state index contributed by atoms with van der Waals surface area (Å²) >= 11 is 1.24. The molecule has 31 heavy (non-hydrogen) atoms. The van der Waals surface area contributed by atoms with Gasteiger partial charge < -0.3 is 9.47 Å². The van der Waals surface area contributed by atoms with Gasteiger partial charge in [-0.1, -0.05) is 30.3 Å². The van der Waals surface area contributed by atoms with Crippen LogP contribution in [0.1, 0.15) is 27.1 Å². The molecular formula is C23H23N3O4S. The van der Waals surface area contributed by atoms with Crippen molar-refractivity contribution in [3.05, 3.63) is 70.5 Å². The molecule has 3 aromatic rings. The molecule has 1 fully saturated rings. The van der Waals surface area contributed by atoms with Gasteiger partial charge in [0.25, 0.3) is 5.91 Å². The van der Waals surface area contributed by atoms with E-state index in [4.69, 9.17) is 9.47 Å². The monoisotopic (exact) mass is 437 g/mol. The van der Waals surface area contributed by atoms with Gasteiger partial charge in [0.05, 0.1) is 31.2 Å². The van der Waals surface area contributed by atoms with E-state index >= 15 is 0 Å². The third-order valence-electron chi connectivity index (χ3n) is 4.85. The van der Waals surface area contributed by atoms with Crippen LogP contribution in [0, 0.1) is 0 Å². The van der Waals surface area contributed by atoms with E-state index in [0.29, 0.717) is 49.2 Å². The number of amides is 1. The van der Waals surface area contributed by atoms with Crippen molar-refractivity contribution >= 4 is 28.9 Å². The minimum atomic E-state index is -0.422. The summed E-state index contributed by atoms with van der Waals surface area (Å²) in [4.78, 5) is 29.6. The van der Waals surface area contributed by atoms with Crippen molar-refractivity contribution in [1.29, 1.82) is 0 Å². The van der Waals surface area contributed by atoms with Crippen molar-refractivity contribution in [3.63, 3.8) is 0 Å². The number of hydrogen-bond donors (Lipinski definition) is 0. The number of thiazole rings is 1. The van der Waals surface area contributed by atoms with Crippen LogP contribution >= 0.6 is 11.3 Å². The molecule has 1 saturated heterocycles. The van der Waals surface area contributed by atoms with Crippen molar-refractivity contribution in [2.75, 3.05) is 37.9 Å². The number of ether oxygens (including phenoxy) is 2. The third-order valence-corrected chi connectivity index (χ3v) is 5.67. The van der Waals surface area contributed by atoms with Gasteiger partial charge in [0, 0.05) is 29.6 Å². The highest BCUT2D eigenvalue weighted by atomic mass is 32.1. The molecule has 2 aromatic carbocycles. The predicted octanol–water partition coefficient (Wildman–Crippen LogP) is 3.88. The zero-order chi connectivity index (χ0) is 21.6. The third kappa shape index (κ3) is 4.82. The number of hydrogen-bond acceptors (Lipinski definition) is 7. The van der Waals surface area contributed by atoms with Gasteiger partial charge in [-0.25, -0.2) is 19.8 Å². The summed E-state index contributed by atoms with van der Waals surface area (Å²) in [5, 5.41) is 5.87. The van der Waals surface area contributed by atoms with Crippen molar-refractivity contribution in [1.82, 2.24) is 9.99 Å². The highest BCUT2D eigenvalue weighted by Gasteiger charge is 2.26. The molecule has 1 aromatic heterocycles. The maximum atomic E-state index is 13.4. The molecule has 0 atom stereocenters. The molecule has 0 bridgehead atoms. The van der Waals surface area contributed by atoms with Gasteiger partial charge in [-0.15, -0.1) is 11.3 Å². The van der Waals surface area contributed by atoms with Crippen LogP contribution in [0.5, 0.6) is 0 Å². The Labute approximate surface area is 184 Å². The lowest BCUT2D eigenvalue weighted by atomic mass is 10.1. The first-order valence-electron chi connectivity index (χ1n) is 10.1. The van der Waals surface area contributed by atoms with E-state index in [1.807, 2.05) is 52.9 Å². The number of carbonyl (C=O) groups excluding carboxylic acids is 2. The van der Waals surface area contributed by atoms with Crippen LogP contribution in [0.4, 0.5) is 5.69 Å². The molecule has 1 aliphatic rings. The number of anilines is 1. The van der Waals surface area contributed by atoms with Gasteiger partial charge in [-0.3, -0.25) is 4.79 Å². The number of para-hydroxylation sites is 1. The van der Waals surface area contributed by atoms with Crippen LogP contribution in [0.3, 0.4) is 0 Å². The van der Waals surface area contributed by atoms with E-state index in [0.717, 1.165) is 11.3 Å². The maximum absolute atomic E-state index is 13.4. The summed E-state index contributed by atoms with van der Waals surface area (Å²) in [7, 11) is 0. The Morgan fingerprint density at radius 1 is 1.10 bits per heavy atom. The number of benzene rings is 2. The van der Waals surface area contributed by atoms with Gasteiger partial charge >= 0.3 is 5.97 Å². The summed E-state index contributed by atoms with van der Waals surface area (Å²) in [6, 6.07) is 16.9. The van der Waals surface area contributed by atoms with E-state index in [-0.39, 0.29) is 5.91 Å². The molecular weight excluding hydrogens is 414 g/mol. The predicted molar refractivity (Wildman–Crippen MR) is 119 cm³/mol. The Bertz CT molecular complexity index is 1030. The van der Waals surface area contributed by atoms with E-state index in [2.05, 4.69) is 4.98 Å². The van der Waals surface area contributed by atoms with Crippen LogP contribution < -0.4 is 5.01 Å². The molecule has 160 valence electrons. The van der Waals surface area contributed by atoms with E-state index in [1.165, 1.54) is 11.3 Å². The van der Waals surface area contributed by atoms with Gasteiger partial charge in [-0.05, 0) is 31.2 Å². The number of morpholine rings is 1. The minimum Gasteiger partial charge on any atom is -0.461 e. The molecule has 0 saturated carbocycles. The molecule has 0 spiro atoms. The lowest BCUT2D eigenvalue weighted by Gasteiger charge is -2.37. The fourth-order valence-corrected chi connectivity index (χ4v) is 4.05. The average Bonchev–Trinajstić information content (AvgIpc) is 3.31. The largest absolute Gasteiger partial charge is 0.461 e. The molecule has 7 nitrogen and oxygen atoms in total. The Kier molecular flexibility index (Phi) is 6.71. The number of rotatable bonds is 6. The average molecular weight is 438 g/mol. The van der Waals surface area contributed by atoms with Crippen LogP contribution in [-0.4, -0.2) is 54.8 Å². The summed E-state index contributed by atoms with van der Waals surface area (Å²) in [6.45, 7) is 4.54. The fourth-order valence-electron chi connectivity index (χ4n) is 3.33. The standard InChI is InChI=1S/C23H23N3O4S/c1-2-30-23(28)21-24-20(16-31-21)17-8-10-18(11-9-17)22(27)26(19-6-4-3-5-7-19)25-12-14-29-15-13-25/h3-11,16H,2,12-15H2,1H3. The first kappa shape index (κ1) is 21.2. The lowest BCUT2D eigenvalue weighted by molar-refractivity contribution is 0.0300. The van der Waals surface area contributed by atoms with E-state index in [9.17, 15) is 9.59 Å². The second-order valence-corrected chi connectivity index (χ2v) is 7.71. The Morgan fingerprint density at radius 3 is 2.48 bits per heavy atom. The van der Waals surface area contributed by atoms with E-state index < -0.39 is 5.97 Å². The van der Waals surface area contributed by atoms with Gasteiger partial charge in [0.1, 0.15) is 0 Å². The first-order valence-corrected chi connectivity index (χ1v) is 11.0. The lowest BCUT2D eigenvalue weighted by Crippen LogP contribution is -2.52. The summed E-state index contributed by atoms with van der Waals surface area (Å²) < 4.78 is 10.5. The molecule has 0 aliphatic carbocycles. The SMILES string of the molecule is CCOC(=O)c1nc(-c2ccc(C(=O)N(c3ccccc3)N3CCOCC3)cc2)cs1. The molecule has 0 radical (unpaired) electrons. The number of nitrogens with zero attached hydrogens (tertiary/aromatic N) is 3. The van der Waals surface area contributed by atoms with Gasteiger partial charge in [0.15, 0.2) is 0 Å². The number of carbonyl (C=O) groups is 2. The highest BCUT2D eigenvalue weighted by Crippen LogP contribution is 2.25. The number of aromatic nitrogens is 1. The van der Waals surface area contributed by atoms with Crippen LogP contribution in [0.25, 0.3) is 11.3 Å². The second-order valence-electron chi connectivity index (χ2n) is 6.85. The molecule has 0 N–H and O–H groups in total. The Balaban J connectivity index is 1.57. The zero-order valence-electron chi connectivity index (χ0n) is 17.2. The highest BCUT2D eigenvalue weighted by molar-refractivity contribution is 7.11. The fraction of sp³-hybridized carbons (Fsp3) is 0.261. The Morgan fingerprint density at radius 2 is 1.81 bits per heavy atom. The molecule has 1 aliphatic heterocycles. The maximum Gasteiger partial charge on any atom is 0.367 e. The normalized spacial score (nSPS) is 14.2. The van der Waals surface area contributed by atoms with Crippen molar-refractivity contribution in [2.45, 2.75) is 6.92 Å². The van der Waals surface area contributed by atoms with Gasteiger partial charge in [-0.2, -0.15) is 0 Å². The van der Waals surface area contributed by atoms with Crippen molar-refractivity contribution < 1.29 is 19.1 Å².